The number of methoxy groups -OCH3 is 1. The molecule has 0 fully saturated rings. The first-order chi connectivity index (χ1) is 7.35. The fourth-order valence-corrected chi connectivity index (χ4v) is 1.82. The van der Waals surface area contributed by atoms with Gasteiger partial charge in [0.1, 0.15) is 5.75 Å². The van der Waals surface area contributed by atoms with Gasteiger partial charge in [-0.1, -0.05) is 31.7 Å². The van der Waals surface area contributed by atoms with Crippen molar-refractivity contribution in [2.45, 2.75) is 13.8 Å². The highest BCUT2D eigenvalue weighted by Crippen LogP contribution is 2.24. The highest BCUT2D eigenvalue weighted by molar-refractivity contribution is 5.87. The van der Waals surface area contributed by atoms with Crippen molar-refractivity contribution in [3.05, 3.63) is 42.0 Å². The molecule has 0 radical (unpaired) electrons. The van der Waals surface area contributed by atoms with E-state index in [1.807, 2.05) is 6.07 Å². The Morgan fingerprint density at radius 3 is 2.69 bits per heavy atom. The Bertz CT molecular complexity index is 465. The van der Waals surface area contributed by atoms with Crippen LogP contribution in [0.25, 0.3) is 10.8 Å². The van der Waals surface area contributed by atoms with Crippen LogP contribution in [0.1, 0.15) is 13.0 Å². The van der Waals surface area contributed by atoms with Crippen LogP contribution in [0.2, 0.25) is 0 Å². The maximum absolute atomic E-state index is 5.59. The SMILES string of the molecule is C.COc1ccc2cccc(CCN)c2c1. The summed E-state index contributed by atoms with van der Waals surface area (Å²) in [6, 6.07) is 12.4. The summed E-state index contributed by atoms with van der Waals surface area (Å²) in [5, 5.41) is 2.48. The van der Waals surface area contributed by atoms with Crippen LogP contribution < -0.4 is 10.5 Å². The van der Waals surface area contributed by atoms with Crippen LogP contribution in [0, 0.1) is 0 Å². The van der Waals surface area contributed by atoms with Gasteiger partial charge in [0.15, 0.2) is 0 Å². The van der Waals surface area contributed by atoms with Gasteiger partial charge in [-0.05, 0) is 41.4 Å². The molecule has 2 N–H and O–H groups in total. The summed E-state index contributed by atoms with van der Waals surface area (Å²) in [5.74, 6) is 0.895. The van der Waals surface area contributed by atoms with Crippen LogP contribution in [-0.2, 0) is 6.42 Å². The van der Waals surface area contributed by atoms with Crippen molar-refractivity contribution in [2.24, 2.45) is 5.73 Å². The number of rotatable bonds is 3. The lowest BCUT2D eigenvalue weighted by Crippen LogP contribution is -2.03. The molecule has 0 aromatic heterocycles. The van der Waals surface area contributed by atoms with Gasteiger partial charge in [-0.15, -0.1) is 0 Å². The van der Waals surface area contributed by atoms with Gasteiger partial charge >= 0.3 is 0 Å². The quantitative estimate of drug-likeness (QED) is 0.857. The Hall–Kier alpha value is -1.54. The molecule has 16 heavy (non-hydrogen) atoms. The van der Waals surface area contributed by atoms with Crippen LogP contribution in [0.5, 0.6) is 5.75 Å². The largest absolute Gasteiger partial charge is 0.497 e. The molecule has 0 saturated heterocycles. The third-order valence-corrected chi connectivity index (χ3v) is 2.59. The number of ether oxygens (including phenoxy) is 1. The Morgan fingerprint density at radius 1 is 1.19 bits per heavy atom. The molecule has 2 rings (SSSR count). The van der Waals surface area contributed by atoms with E-state index in [0.29, 0.717) is 6.54 Å². The van der Waals surface area contributed by atoms with Crippen molar-refractivity contribution in [3.63, 3.8) is 0 Å². The first-order valence-electron chi connectivity index (χ1n) is 5.11. The monoisotopic (exact) mass is 217 g/mol. The van der Waals surface area contributed by atoms with E-state index in [4.69, 9.17) is 10.5 Å². The molecule has 0 amide bonds. The standard InChI is InChI=1S/C13H15NO.CH4/c1-15-12-6-5-10-3-2-4-11(7-8-14)13(10)9-12;/h2-6,9H,7-8,14H2,1H3;1H4. The average Bonchev–Trinajstić information content (AvgIpc) is 2.29. The zero-order valence-electron chi connectivity index (χ0n) is 8.86. The van der Waals surface area contributed by atoms with E-state index in [-0.39, 0.29) is 7.43 Å². The molecule has 2 aromatic carbocycles. The van der Waals surface area contributed by atoms with Gasteiger partial charge in [-0.25, -0.2) is 0 Å². The number of hydrogen-bond donors (Lipinski definition) is 1. The van der Waals surface area contributed by atoms with E-state index < -0.39 is 0 Å². The second kappa shape index (κ2) is 5.52. The molecule has 0 aliphatic rings. The van der Waals surface area contributed by atoms with Crippen LogP contribution in [0.4, 0.5) is 0 Å². The first kappa shape index (κ1) is 12.5. The number of nitrogens with two attached hydrogens (primary N) is 1. The van der Waals surface area contributed by atoms with E-state index >= 15 is 0 Å². The Morgan fingerprint density at radius 2 is 2.00 bits per heavy atom. The summed E-state index contributed by atoms with van der Waals surface area (Å²) in [4.78, 5) is 0. The average molecular weight is 217 g/mol. The van der Waals surface area contributed by atoms with Gasteiger partial charge in [0.2, 0.25) is 0 Å². The van der Waals surface area contributed by atoms with Crippen LogP contribution in [0.3, 0.4) is 0 Å². The molecule has 0 saturated carbocycles. The first-order valence-corrected chi connectivity index (χ1v) is 5.11. The molecule has 0 bridgehead atoms. The summed E-state index contributed by atoms with van der Waals surface area (Å²) in [7, 11) is 1.69. The molecular formula is C14H19NO. The third-order valence-electron chi connectivity index (χ3n) is 2.59. The summed E-state index contributed by atoms with van der Waals surface area (Å²) in [6.07, 6.45) is 0.907. The van der Waals surface area contributed by atoms with E-state index in [9.17, 15) is 0 Å². The van der Waals surface area contributed by atoms with Crippen molar-refractivity contribution < 1.29 is 4.74 Å². The van der Waals surface area contributed by atoms with Crippen LogP contribution >= 0.6 is 0 Å². The lowest BCUT2D eigenvalue weighted by atomic mass is 10.0. The molecule has 0 heterocycles. The third kappa shape index (κ3) is 2.34. The van der Waals surface area contributed by atoms with Gasteiger partial charge in [0, 0.05) is 0 Å². The molecule has 0 aliphatic carbocycles. The number of benzene rings is 2. The van der Waals surface area contributed by atoms with Crippen molar-refractivity contribution in [1.82, 2.24) is 0 Å². The van der Waals surface area contributed by atoms with Gasteiger partial charge < -0.3 is 10.5 Å². The van der Waals surface area contributed by atoms with Gasteiger partial charge in [0.25, 0.3) is 0 Å². The normalized spacial score (nSPS) is 9.88. The molecule has 0 spiro atoms. The minimum atomic E-state index is 0. The van der Waals surface area contributed by atoms with E-state index in [1.54, 1.807) is 7.11 Å². The van der Waals surface area contributed by atoms with Gasteiger partial charge in [0.05, 0.1) is 7.11 Å². The molecule has 2 aromatic rings. The molecule has 2 heteroatoms. The molecular weight excluding hydrogens is 198 g/mol. The fourth-order valence-electron chi connectivity index (χ4n) is 1.82. The summed E-state index contributed by atoms with van der Waals surface area (Å²) < 4.78 is 5.22. The predicted molar refractivity (Wildman–Crippen MR) is 70.0 cm³/mol. The predicted octanol–water partition coefficient (Wildman–Crippen LogP) is 2.99. The second-order valence-electron chi connectivity index (χ2n) is 3.54. The number of hydrogen-bond acceptors (Lipinski definition) is 2. The second-order valence-corrected chi connectivity index (χ2v) is 3.54. The zero-order valence-corrected chi connectivity index (χ0v) is 8.86. The molecule has 86 valence electrons. The van der Waals surface area contributed by atoms with Crippen LogP contribution in [-0.4, -0.2) is 13.7 Å². The lowest BCUT2D eigenvalue weighted by molar-refractivity contribution is 0.415. The van der Waals surface area contributed by atoms with Crippen molar-refractivity contribution in [3.8, 4) is 5.75 Å². The van der Waals surface area contributed by atoms with Crippen molar-refractivity contribution in [1.29, 1.82) is 0 Å². The maximum Gasteiger partial charge on any atom is 0.119 e. The molecule has 0 unspecified atom stereocenters. The Balaban J connectivity index is 0.00000128. The highest BCUT2D eigenvalue weighted by atomic mass is 16.5. The van der Waals surface area contributed by atoms with E-state index in [2.05, 4.69) is 30.3 Å². The molecule has 2 nitrogen and oxygen atoms in total. The topological polar surface area (TPSA) is 35.2 Å². The smallest absolute Gasteiger partial charge is 0.119 e. The molecule has 0 aliphatic heterocycles. The minimum absolute atomic E-state index is 0. The Labute approximate surface area is 97.0 Å². The van der Waals surface area contributed by atoms with Crippen LogP contribution in [0.15, 0.2) is 36.4 Å². The molecule has 0 atom stereocenters. The highest BCUT2D eigenvalue weighted by Gasteiger charge is 2.01. The van der Waals surface area contributed by atoms with Gasteiger partial charge in [-0.3, -0.25) is 0 Å². The van der Waals surface area contributed by atoms with E-state index in [0.717, 1.165) is 12.2 Å². The zero-order chi connectivity index (χ0) is 10.7. The summed E-state index contributed by atoms with van der Waals surface area (Å²) in [5.41, 5.74) is 6.88. The number of fused-ring (bicyclic) bond motifs is 1. The van der Waals surface area contributed by atoms with E-state index in [1.165, 1.54) is 16.3 Å². The van der Waals surface area contributed by atoms with Crippen molar-refractivity contribution in [2.75, 3.05) is 13.7 Å². The summed E-state index contributed by atoms with van der Waals surface area (Å²) >= 11 is 0. The Kier molecular flexibility index (Phi) is 4.32. The lowest BCUT2D eigenvalue weighted by Gasteiger charge is -2.07. The van der Waals surface area contributed by atoms with Crippen molar-refractivity contribution >= 4 is 10.8 Å². The summed E-state index contributed by atoms with van der Waals surface area (Å²) in [6.45, 7) is 0.677. The maximum atomic E-state index is 5.59. The fraction of sp³-hybridized carbons (Fsp3) is 0.286. The van der Waals surface area contributed by atoms with Gasteiger partial charge in [-0.2, -0.15) is 0 Å². The minimum Gasteiger partial charge on any atom is -0.497 e.